The summed E-state index contributed by atoms with van der Waals surface area (Å²) in [5, 5.41) is 10.9. The normalized spacial score (nSPS) is 17.1. The third-order valence-corrected chi connectivity index (χ3v) is 6.07. The summed E-state index contributed by atoms with van der Waals surface area (Å²) in [6, 6.07) is 2.46. The SMILES string of the molecule is CCN(CC)C(CNC(=O)CC(C)C1CCNCC1)c1ccsc1.Cl.Cl. The van der Waals surface area contributed by atoms with Gasteiger partial charge in [-0.2, -0.15) is 11.3 Å². The number of hydrogen-bond acceptors (Lipinski definition) is 4. The molecule has 1 aromatic heterocycles. The number of carbonyl (C=O) groups is 1. The number of nitrogens with one attached hydrogen (secondary N) is 2. The number of hydrogen-bond donors (Lipinski definition) is 2. The van der Waals surface area contributed by atoms with Gasteiger partial charge in [0.15, 0.2) is 0 Å². The van der Waals surface area contributed by atoms with Gasteiger partial charge in [0.05, 0.1) is 6.04 Å². The second-order valence-corrected chi connectivity index (χ2v) is 7.65. The van der Waals surface area contributed by atoms with Gasteiger partial charge < -0.3 is 10.6 Å². The van der Waals surface area contributed by atoms with Crippen molar-refractivity contribution in [2.45, 2.75) is 46.1 Å². The number of carbonyl (C=O) groups excluding carboxylic acids is 1. The number of nitrogens with zero attached hydrogens (tertiary/aromatic N) is 1. The molecule has 1 aliphatic rings. The van der Waals surface area contributed by atoms with Crippen molar-refractivity contribution in [3.8, 4) is 0 Å². The molecule has 1 saturated heterocycles. The molecule has 1 aromatic rings. The molecule has 0 saturated carbocycles. The van der Waals surface area contributed by atoms with Gasteiger partial charge >= 0.3 is 0 Å². The molecule has 2 N–H and O–H groups in total. The molecule has 0 bridgehead atoms. The maximum Gasteiger partial charge on any atom is 0.220 e. The van der Waals surface area contributed by atoms with Crippen LogP contribution in [0.2, 0.25) is 0 Å². The minimum Gasteiger partial charge on any atom is -0.354 e. The fraction of sp³-hybridized carbons (Fsp3) is 0.737. The molecular weight excluding hydrogens is 389 g/mol. The number of thiophene rings is 1. The minimum atomic E-state index is 0. The molecule has 2 rings (SSSR count). The van der Waals surface area contributed by atoms with Crippen molar-refractivity contribution in [1.29, 1.82) is 0 Å². The first-order chi connectivity index (χ1) is 11.7. The zero-order valence-electron chi connectivity index (χ0n) is 16.2. The highest BCUT2D eigenvalue weighted by Gasteiger charge is 2.23. The van der Waals surface area contributed by atoms with E-state index in [0.717, 1.165) is 26.2 Å². The molecule has 1 fully saturated rings. The Morgan fingerprint density at radius 1 is 1.31 bits per heavy atom. The summed E-state index contributed by atoms with van der Waals surface area (Å²) in [4.78, 5) is 14.8. The molecule has 0 radical (unpaired) electrons. The third kappa shape index (κ3) is 7.73. The van der Waals surface area contributed by atoms with Gasteiger partial charge in [-0.3, -0.25) is 9.69 Å². The molecule has 2 atom stereocenters. The summed E-state index contributed by atoms with van der Waals surface area (Å²) >= 11 is 1.72. The standard InChI is InChI=1S/C19H33N3OS.2ClH/c1-4-22(5-2)18(17-8-11-24-14-17)13-21-19(23)12-15(3)16-6-9-20-10-7-16;;/h8,11,14-16,18,20H,4-7,9-10,12-13H2,1-3H3,(H,21,23);2*1H. The number of likely N-dealkylation sites (N-methyl/N-ethyl adjacent to an activating group) is 1. The molecule has 2 heterocycles. The summed E-state index contributed by atoms with van der Waals surface area (Å²) in [7, 11) is 0. The molecule has 0 aromatic carbocycles. The third-order valence-electron chi connectivity index (χ3n) is 5.37. The van der Waals surface area contributed by atoms with Crippen molar-refractivity contribution in [3.05, 3.63) is 22.4 Å². The van der Waals surface area contributed by atoms with Gasteiger partial charge in [0.1, 0.15) is 0 Å². The second-order valence-electron chi connectivity index (χ2n) is 6.87. The lowest BCUT2D eigenvalue weighted by Crippen LogP contribution is -2.39. The van der Waals surface area contributed by atoms with E-state index >= 15 is 0 Å². The molecule has 26 heavy (non-hydrogen) atoms. The van der Waals surface area contributed by atoms with Crippen LogP contribution in [0.4, 0.5) is 0 Å². The first kappa shape index (κ1) is 25.7. The average molecular weight is 424 g/mol. The van der Waals surface area contributed by atoms with Crippen molar-refractivity contribution in [1.82, 2.24) is 15.5 Å². The van der Waals surface area contributed by atoms with Gasteiger partial charge in [0.25, 0.3) is 0 Å². The van der Waals surface area contributed by atoms with E-state index in [1.54, 1.807) is 11.3 Å². The second kappa shape index (κ2) is 13.8. The lowest BCUT2D eigenvalue weighted by atomic mass is 9.84. The Morgan fingerprint density at radius 3 is 2.50 bits per heavy atom. The molecule has 2 unspecified atom stereocenters. The Balaban J connectivity index is 0.00000312. The Hall–Kier alpha value is -0.330. The van der Waals surface area contributed by atoms with Gasteiger partial charge in [-0.1, -0.05) is 20.8 Å². The Morgan fingerprint density at radius 2 is 1.96 bits per heavy atom. The fourth-order valence-electron chi connectivity index (χ4n) is 3.74. The Labute approximate surface area is 175 Å². The minimum absolute atomic E-state index is 0. The van der Waals surface area contributed by atoms with Crippen molar-refractivity contribution in [2.24, 2.45) is 11.8 Å². The summed E-state index contributed by atoms with van der Waals surface area (Å²) in [6.07, 6.45) is 3.05. The van der Waals surface area contributed by atoms with E-state index < -0.39 is 0 Å². The summed E-state index contributed by atoms with van der Waals surface area (Å²) in [6.45, 7) is 11.5. The van der Waals surface area contributed by atoms with Crippen LogP contribution < -0.4 is 10.6 Å². The van der Waals surface area contributed by atoms with Crippen LogP contribution in [0.1, 0.15) is 51.6 Å². The number of halogens is 2. The Kier molecular flexibility index (Phi) is 13.6. The molecule has 152 valence electrons. The summed E-state index contributed by atoms with van der Waals surface area (Å²) < 4.78 is 0. The zero-order valence-corrected chi connectivity index (χ0v) is 18.7. The van der Waals surface area contributed by atoms with Gasteiger partial charge in [-0.25, -0.2) is 0 Å². The number of rotatable bonds is 9. The van der Waals surface area contributed by atoms with Crippen LogP contribution in [-0.4, -0.2) is 43.5 Å². The zero-order chi connectivity index (χ0) is 17.4. The smallest absolute Gasteiger partial charge is 0.220 e. The van der Waals surface area contributed by atoms with E-state index in [4.69, 9.17) is 0 Å². The van der Waals surface area contributed by atoms with Gasteiger partial charge in [-0.15, -0.1) is 24.8 Å². The maximum atomic E-state index is 12.4. The van der Waals surface area contributed by atoms with Crippen LogP contribution in [0.15, 0.2) is 16.8 Å². The van der Waals surface area contributed by atoms with Crippen LogP contribution in [0.25, 0.3) is 0 Å². The highest BCUT2D eigenvalue weighted by Crippen LogP contribution is 2.25. The van der Waals surface area contributed by atoms with Gasteiger partial charge in [0.2, 0.25) is 5.91 Å². The highest BCUT2D eigenvalue weighted by atomic mass is 35.5. The number of amides is 1. The van der Waals surface area contributed by atoms with Crippen molar-refractivity contribution in [2.75, 3.05) is 32.7 Å². The van der Waals surface area contributed by atoms with E-state index in [2.05, 4.69) is 53.1 Å². The van der Waals surface area contributed by atoms with E-state index in [0.29, 0.717) is 24.8 Å². The van der Waals surface area contributed by atoms with Crippen LogP contribution in [0.3, 0.4) is 0 Å². The van der Waals surface area contributed by atoms with Crippen LogP contribution in [0.5, 0.6) is 0 Å². The summed E-state index contributed by atoms with van der Waals surface area (Å²) in [5.41, 5.74) is 1.32. The Bertz CT molecular complexity index is 477. The average Bonchev–Trinajstić information content (AvgIpc) is 3.13. The van der Waals surface area contributed by atoms with Gasteiger partial charge in [-0.05, 0) is 73.2 Å². The topological polar surface area (TPSA) is 44.4 Å². The lowest BCUT2D eigenvalue weighted by Gasteiger charge is -2.30. The monoisotopic (exact) mass is 423 g/mol. The van der Waals surface area contributed by atoms with E-state index in [9.17, 15) is 4.79 Å². The first-order valence-corrected chi connectivity index (χ1v) is 10.3. The van der Waals surface area contributed by atoms with Crippen LogP contribution >= 0.6 is 36.2 Å². The quantitative estimate of drug-likeness (QED) is 0.627. The fourth-order valence-corrected chi connectivity index (χ4v) is 4.45. The first-order valence-electron chi connectivity index (χ1n) is 9.39. The van der Waals surface area contributed by atoms with Crippen LogP contribution in [-0.2, 0) is 4.79 Å². The largest absolute Gasteiger partial charge is 0.354 e. The molecule has 0 spiro atoms. The van der Waals surface area contributed by atoms with E-state index in [1.807, 2.05) is 0 Å². The molecule has 1 aliphatic heterocycles. The molecule has 0 aliphatic carbocycles. The maximum absolute atomic E-state index is 12.4. The van der Waals surface area contributed by atoms with Crippen molar-refractivity contribution >= 4 is 42.1 Å². The lowest BCUT2D eigenvalue weighted by molar-refractivity contribution is -0.122. The van der Waals surface area contributed by atoms with E-state index in [-0.39, 0.29) is 36.8 Å². The highest BCUT2D eigenvalue weighted by molar-refractivity contribution is 7.07. The van der Waals surface area contributed by atoms with Crippen LogP contribution in [0, 0.1) is 11.8 Å². The van der Waals surface area contributed by atoms with Crippen molar-refractivity contribution in [3.63, 3.8) is 0 Å². The predicted molar refractivity (Wildman–Crippen MR) is 117 cm³/mol. The molecule has 7 heteroatoms. The van der Waals surface area contributed by atoms with Crippen molar-refractivity contribution < 1.29 is 4.79 Å². The molecule has 4 nitrogen and oxygen atoms in total. The molecular formula is C19H35Cl2N3OS. The predicted octanol–water partition coefficient (Wildman–Crippen LogP) is 4.12. The van der Waals surface area contributed by atoms with Gasteiger partial charge in [0, 0.05) is 13.0 Å². The molecule has 1 amide bonds. The number of piperidine rings is 1. The summed E-state index contributed by atoms with van der Waals surface area (Å²) in [5.74, 6) is 1.36. The van der Waals surface area contributed by atoms with E-state index in [1.165, 1.54) is 18.4 Å².